The van der Waals surface area contributed by atoms with E-state index >= 15 is 0 Å². The number of likely N-dealkylation sites (tertiary alicyclic amines) is 1. The lowest BCUT2D eigenvalue weighted by Crippen LogP contribution is -2.57. The van der Waals surface area contributed by atoms with Crippen LogP contribution in [0.5, 0.6) is 0 Å². The molecule has 3 aromatic carbocycles. The summed E-state index contributed by atoms with van der Waals surface area (Å²) in [4.78, 5) is 28.0. The van der Waals surface area contributed by atoms with Crippen LogP contribution in [-0.4, -0.2) is 47.8 Å². The Hall–Kier alpha value is -3.91. The van der Waals surface area contributed by atoms with Crippen molar-refractivity contribution in [2.24, 2.45) is 0 Å². The molecule has 0 bridgehead atoms. The standard InChI is InChI=1S/C29H32FN3O4/c30-26-14-7-13-23(19-26)16-18-32-17-8-15-27(20-32)33(29(35)37-22-25-11-5-2-6-12-25)31-28(34)36-21-24-9-3-1-4-10-24/h1-7,9-14,19,27H,8,15-18,20-22H2,(H,31,34). The van der Waals surface area contributed by atoms with Gasteiger partial charge in [-0.1, -0.05) is 72.8 Å². The number of carbonyl (C=O) groups is 2. The van der Waals surface area contributed by atoms with Gasteiger partial charge in [0.15, 0.2) is 0 Å². The van der Waals surface area contributed by atoms with Crippen molar-refractivity contribution >= 4 is 12.2 Å². The van der Waals surface area contributed by atoms with Crippen LogP contribution in [0.3, 0.4) is 0 Å². The first-order chi connectivity index (χ1) is 18.1. The first-order valence-corrected chi connectivity index (χ1v) is 12.5. The minimum Gasteiger partial charge on any atom is -0.443 e. The molecular formula is C29H32FN3O4. The van der Waals surface area contributed by atoms with Crippen LogP contribution in [0.25, 0.3) is 0 Å². The first kappa shape index (κ1) is 26.2. The van der Waals surface area contributed by atoms with Gasteiger partial charge in [0.05, 0.1) is 6.04 Å². The first-order valence-electron chi connectivity index (χ1n) is 12.5. The molecule has 0 saturated carbocycles. The summed E-state index contributed by atoms with van der Waals surface area (Å²) in [7, 11) is 0. The Labute approximate surface area is 216 Å². The van der Waals surface area contributed by atoms with Gasteiger partial charge in [0, 0.05) is 13.1 Å². The summed E-state index contributed by atoms with van der Waals surface area (Å²) in [5, 5.41) is 1.25. The molecule has 1 aliphatic rings. The van der Waals surface area contributed by atoms with Crippen molar-refractivity contribution in [3.05, 3.63) is 107 Å². The number of ether oxygens (including phenoxy) is 2. The monoisotopic (exact) mass is 505 g/mol. The fourth-order valence-corrected chi connectivity index (χ4v) is 4.35. The van der Waals surface area contributed by atoms with E-state index in [9.17, 15) is 14.0 Å². The summed E-state index contributed by atoms with van der Waals surface area (Å²) in [5.41, 5.74) is 5.23. The third kappa shape index (κ3) is 8.32. The molecule has 1 aliphatic heterocycles. The van der Waals surface area contributed by atoms with Crippen molar-refractivity contribution in [3.63, 3.8) is 0 Å². The van der Waals surface area contributed by atoms with Gasteiger partial charge in [-0.3, -0.25) is 0 Å². The molecular weight excluding hydrogens is 473 g/mol. The predicted octanol–water partition coefficient (Wildman–Crippen LogP) is 5.31. The topological polar surface area (TPSA) is 71.1 Å². The molecule has 7 nitrogen and oxygen atoms in total. The predicted molar refractivity (Wildman–Crippen MR) is 138 cm³/mol. The van der Waals surface area contributed by atoms with E-state index in [0.29, 0.717) is 25.9 Å². The lowest BCUT2D eigenvalue weighted by Gasteiger charge is -2.38. The highest BCUT2D eigenvalue weighted by molar-refractivity contribution is 5.74. The van der Waals surface area contributed by atoms with Crippen molar-refractivity contribution in [2.45, 2.75) is 38.5 Å². The second-order valence-electron chi connectivity index (χ2n) is 9.06. The maximum atomic E-state index is 13.6. The number of amides is 2. The van der Waals surface area contributed by atoms with Gasteiger partial charge in [0.2, 0.25) is 0 Å². The number of benzene rings is 3. The quantitative estimate of drug-likeness (QED) is 0.420. The molecule has 0 radical (unpaired) electrons. The summed E-state index contributed by atoms with van der Waals surface area (Å²) in [5.74, 6) is -0.250. The van der Waals surface area contributed by atoms with E-state index in [1.54, 1.807) is 12.1 Å². The molecule has 1 saturated heterocycles. The highest BCUT2D eigenvalue weighted by Gasteiger charge is 2.31. The molecule has 8 heteroatoms. The smallest absolute Gasteiger partial charge is 0.429 e. The van der Waals surface area contributed by atoms with Crippen molar-refractivity contribution < 1.29 is 23.5 Å². The number of nitrogens with one attached hydrogen (secondary N) is 1. The number of hydrogen-bond acceptors (Lipinski definition) is 5. The Bertz CT molecular complexity index is 1150. The lowest BCUT2D eigenvalue weighted by atomic mass is 10.0. The molecule has 194 valence electrons. The number of halogens is 1. The van der Waals surface area contributed by atoms with Crippen LogP contribution in [0, 0.1) is 5.82 Å². The highest BCUT2D eigenvalue weighted by Crippen LogP contribution is 2.17. The van der Waals surface area contributed by atoms with Crippen LogP contribution in [0.15, 0.2) is 84.9 Å². The zero-order valence-corrected chi connectivity index (χ0v) is 20.7. The molecule has 1 fully saturated rings. The van der Waals surface area contributed by atoms with E-state index in [0.717, 1.165) is 29.7 Å². The summed E-state index contributed by atoms with van der Waals surface area (Å²) in [6.45, 7) is 2.30. The zero-order valence-electron chi connectivity index (χ0n) is 20.7. The van der Waals surface area contributed by atoms with Gasteiger partial charge < -0.3 is 14.4 Å². The third-order valence-electron chi connectivity index (χ3n) is 6.28. The van der Waals surface area contributed by atoms with Crippen molar-refractivity contribution in [1.82, 2.24) is 15.3 Å². The number of nitrogens with zero attached hydrogens (tertiary/aromatic N) is 2. The van der Waals surface area contributed by atoms with Crippen LogP contribution in [0.1, 0.15) is 29.5 Å². The molecule has 1 unspecified atom stereocenters. The molecule has 2 amide bonds. The minimum absolute atomic E-state index is 0.0873. The largest absolute Gasteiger partial charge is 0.443 e. The zero-order chi connectivity index (χ0) is 25.9. The van der Waals surface area contributed by atoms with E-state index in [2.05, 4.69) is 10.3 Å². The maximum Gasteiger partial charge on any atom is 0.429 e. The Morgan fingerprint density at radius 1 is 0.892 bits per heavy atom. The minimum atomic E-state index is -0.725. The Morgan fingerprint density at radius 2 is 1.54 bits per heavy atom. The van der Waals surface area contributed by atoms with Gasteiger partial charge in [-0.25, -0.2) is 24.4 Å². The fourth-order valence-electron chi connectivity index (χ4n) is 4.35. The van der Waals surface area contributed by atoms with Gasteiger partial charge in [0.1, 0.15) is 19.0 Å². The molecule has 37 heavy (non-hydrogen) atoms. The molecule has 1 N–H and O–H groups in total. The van der Waals surface area contributed by atoms with Crippen LogP contribution >= 0.6 is 0 Å². The molecule has 0 spiro atoms. The summed E-state index contributed by atoms with van der Waals surface area (Å²) in [6, 6.07) is 25.0. The molecule has 4 rings (SSSR count). The van der Waals surface area contributed by atoms with Crippen molar-refractivity contribution in [3.8, 4) is 0 Å². The Balaban J connectivity index is 1.38. The van der Waals surface area contributed by atoms with Gasteiger partial charge in [-0.15, -0.1) is 0 Å². The van der Waals surface area contributed by atoms with E-state index in [4.69, 9.17) is 9.47 Å². The number of piperidine rings is 1. The average Bonchev–Trinajstić information content (AvgIpc) is 2.94. The second kappa shape index (κ2) is 13.4. The van der Waals surface area contributed by atoms with Gasteiger partial charge in [0.25, 0.3) is 0 Å². The van der Waals surface area contributed by atoms with E-state index in [-0.39, 0.29) is 25.1 Å². The normalized spacial score (nSPS) is 15.5. The van der Waals surface area contributed by atoms with E-state index in [1.165, 1.54) is 11.1 Å². The molecule has 0 aromatic heterocycles. The molecule has 1 heterocycles. The highest BCUT2D eigenvalue weighted by atomic mass is 19.1. The van der Waals surface area contributed by atoms with Gasteiger partial charge in [-0.2, -0.15) is 0 Å². The Kier molecular flexibility index (Phi) is 9.48. The van der Waals surface area contributed by atoms with Gasteiger partial charge in [-0.05, 0) is 54.6 Å². The summed E-state index contributed by atoms with van der Waals surface area (Å²) in [6.07, 6.45) is 0.873. The summed E-state index contributed by atoms with van der Waals surface area (Å²) >= 11 is 0. The van der Waals surface area contributed by atoms with Crippen LogP contribution in [-0.2, 0) is 29.1 Å². The van der Waals surface area contributed by atoms with E-state index < -0.39 is 12.2 Å². The van der Waals surface area contributed by atoms with Crippen molar-refractivity contribution in [2.75, 3.05) is 19.6 Å². The van der Waals surface area contributed by atoms with Crippen LogP contribution in [0.4, 0.5) is 14.0 Å². The second-order valence-corrected chi connectivity index (χ2v) is 9.06. The molecule has 3 aromatic rings. The van der Waals surface area contributed by atoms with Crippen LogP contribution in [0.2, 0.25) is 0 Å². The van der Waals surface area contributed by atoms with E-state index in [1.807, 2.05) is 66.7 Å². The Morgan fingerprint density at radius 3 is 2.22 bits per heavy atom. The van der Waals surface area contributed by atoms with Crippen LogP contribution < -0.4 is 5.43 Å². The number of carbonyl (C=O) groups excluding carboxylic acids is 2. The average molecular weight is 506 g/mol. The van der Waals surface area contributed by atoms with Gasteiger partial charge >= 0.3 is 12.2 Å². The fraction of sp³-hybridized carbons (Fsp3) is 0.310. The molecule has 0 aliphatic carbocycles. The number of hydrazine groups is 1. The number of hydrogen-bond donors (Lipinski definition) is 1. The number of rotatable bonds is 8. The SMILES string of the molecule is O=C(NN(C(=O)OCc1ccccc1)C1CCCN(CCc2cccc(F)c2)C1)OCc1ccccc1. The summed E-state index contributed by atoms with van der Waals surface area (Å²) < 4.78 is 24.5. The molecule has 1 atom stereocenters. The third-order valence-corrected chi connectivity index (χ3v) is 6.28. The maximum absolute atomic E-state index is 13.6. The lowest BCUT2D eigenvalue weighted by molar-refractivity contribution is 0.0258. The van der Waals surface area contributed by atoms with Crippen molar-refractivity contribution in [1.29, 1.82) is 0 Å².